The van der Waals surface area contributed by atoms with Gasteiger partial charge in [-0.2, -0.15) is 0 Å². The highest BCUT2D eigenvalue weighted by Crippen LogP contribution is 2.31. The van der Waals surface area contributed by atoms with Crippen LogP contribution in [0.3, 0.4) is 0 Å². The number of alkyl carbamates (subject to hydrolysis) is 1. The molecular formula is C11H19N7O2. The number of azide groups is 2. The Morgan fingerprint density at radius 3 is 2.50 bits per heavy atom. The lowest BCUT2D eigenvalue weighted by atomic mass is 10.0. The van der Waals surface area contributed by atoms with E-state index in [4.69, 9.17) is 15.8 Å². The van der Waals surface area contributed by atoms with E-state index in [0.29, 0.717) is 13.0 Å². The van der Waals surface area contributed by atoms with Crippen molar-refractivity contribution >= 4 is 6.09 Å². The number of carbonyl (C=O) groups is 1. The monoisotopic (exact) mass is 281 g/mol. The van der Waals surface area contributed by atoms with Gasteiger partial charge in [-0.1, -0.05) is 10.2 Å². The van der Waals surface area contributed by atoms with E-state index in [2.05, 4.69) is 25.4 Å². The lowest BCUT2D eigenvalue weighted by Gasteiger charge is -2.22. The Kier molecular flexibility index (Phi) is 5.49. The zero-order valence-electron chi connectivity index (χ0n) is 11.9. The first-order valence-corrected chi connectivity index (χ1v) is 6.42. The summed E-state index contributed by atoms with van der Waals surface area (Å²) in [7, 11) is 0. The van der Waals surface area contributed by atoms with E-state index in [1.165, 1.54) is 0 Å². The van der Waals surface area contributed by atoms with Gasteiger partial charge in [-0.3, -0.25) is 0 Å². The molecule has 0 spiro atoms. The molecule has 0 aromatic carbocycles. The van der Waals surface area contributed by atoms with Crippen LogP contribution in [-0.4, -0.2) is 30.3 Å². The van der Waals surface area contributed by atoms with E-state index < -0.39 is 17.7 Å². The molecule has 0 radical (unpaired) electrons. The van der Waals surface area contributed by atoms with Crippen LogP contribution in [0.25, 0.3) is 20.9 Å². The molecule has 1 aliphatic carbocycles. The van der Waals surface area contributed by atoms with Crippen LogP contribution in [0.15, 0.2) is 10.2 Å². The number of nitrogens with zero attached hydrogens (tertiary/aromatic N) is 6. The Labute approximate surface area is 116 Å². The molecule has 1 rings (SSSR count). The maximum atomic E-state index is 11.6. The summed E-state index contributed by atoms with van der Waals surface area (Å²) < 4.78 is 5.13. The van der Waals surface area contributed by atoms with E-state index in [0.717, 1.165) is 6.42 Å². The van der Waals surface area contributed by atoms with Gasteiger partial charge in [0.05, 0.1) is 6.04 Å². The summed E-state index contributed by atoms with van der Waals surface area (Å²) in [6.45, 7) is 5.67. The number of rotatable bonds is 4. The minimum atomic E-state index is -0.558. The number of hydrogen-bond acceptors (Lipinski definition) is 4. The van der Waals surface area contributed by atoms with Crippen molar-refractivity contribution in [3.63, 3.8) is 0 Å². The molecule has 1 aliphatic rings. The molecule has 0 unspecified atom stereocenters. The van der Waals surface area contributed by atoms with Crippen molar-refractivity contribution in [2.24, 2.45) is 16.1 Å². The molecule has 9 nitrogen and oxygen atoms in total. The lowest BCUT2D eigenvalue weighted by molar-refractivity contribution is 0.0518. The summed E-state index contributed by atoms with van der Waals surface area (Å²) in [5.41, 5.74) is 16.5. The van der Waals surface area contributed by atoms with Crippen LogP contribution in [0, 0.1) is 5.92 Å². The first-order valence-electron chi connectivity index (χ1n) is 6.42. The molecule has 1 fully saturated rings. The maximum absolute atomic E-state index is 11.6. The van der Waals surface area contributed by atoms with Crippen molar-refractivity contribution in [2.45, 2.75) is 51.3 Å². The van der Waals surface area contributed by atoms with Crippen LogP contribution >= 0.6 is 0 Å². The summed E-state index contributed by atoms with van der Waals surface area (Å²) in [5.74, 6) is -0.0473. The van der Waals surface area contributed by atoms with Crippen molar-refractivity contribution in [3.8, 4) is 0 Å². The zero-order chi connectivity index (χ0) is 15.2. The predicted octanol–water partition coefficient (Wildman–Crippen LogP) is 3.28. The second-order valence-electron chi connectivity index (χ2n) is 5.69. The Morgan fingerprint density at radius 1 is 1.30 bits per heavy atom. The van der Waals surface area contributed by atoms with Crippen LogP contribution in [0.4, 0.5) is 4.79 Å². The molecule has 20 heavy (non-hydrogen) atoms. The molecule has 0 aromatic heterocycles. The fourth-order valence-electron chi connectivity index (χ4n) is 2.22. The van der Waals surface area contributed by atoms with E-state index in [1.54, 1.807) is 20.8 Å². The molecule has 1 N–H and O–H groups in total. The fourth-order valence-corrected chi connectivity index (χ4v) is 2.22. The van der Waals surface area contributed by atoms with Gasteiger partial charge in [0.25, 0.3) is 0 Å². The van der Waals surface area contributed by atoms with Gasteiger partial charge in [0.15, 0.2) is 0 Å². The largest absolute Gasteiger partial charge is 0.444 e. The number of amides is 1. The second kappa shape index (κ2) is 6.88. The third-order valence-electron chi connectivity index (χ3n) is 3.00. The van der Waals surface area contributed by atoms with Crippen LogP contribution in [0.2, 0.25) is 0 Å². The van der Waals surface area contributed by atoms with Gasteiger partial charge in [-0.05, 0) is 50.6 Å². The van der Waals surface area contributed by atoms with E-state index in [1.807, 2.05) is 0 Å². The topological polar surface area (TPSA) is 136 Å². The minimum Gasteiger partial charge on any atom is -0.444 e. The van der Waals surface area contributed by atoms with Crippen LogP contribution in [0.5, 0.6) is 0 Å². The highest BCUT2D eigenvalue weighted by molar-refractivity contribution is 5.67. The standard InChI is InChI=1S/C11H19N7O2/c1-11(2,3)20-10(19)14-6-7-4-5-8(15-17-12)9(7)16-18-13/h7-9H,4-6H2,1-3H3,(H,14,19)/t7-,8-,9+/m1/s1. The fraction of sp³-hybridized carbons (Fsp3) is 0.909. The molecule has 0 saturated heterocycles. The molecule has 9 heteroatoms. The predicted molar refractivity (Wildman–Crippen MR) is 72.8 cm³/mol. The normalized spacial score (nSPS) is 25.2. The summed E-state index contributed by atoms with van der Waals surface area (Å²) in [4.78, 5) is 17.1. The van der Waals surface area contributed by atoms with Crippen molar-refractivity contribution in [1.82, 2.24) is 5.32 Å². The van der Waals surface area contributed by atoms with Gasteiger partial charge in [-0.25, -0.2) is 4.79 Å². The van der Waals surface area contributed by atoms with Crippen LogP contribution < -0.4 is 5.32 Å². The number of hydrogen-bond donors (Lipinski definition) is 1. The Balaban J connectivity index is 2.56. The van der Waals surface area contributed by atoms with Gasteiger partial charge >= 0.3 is 6.09 Å². The summed E-state index contributed by atoms with van der Waals surface area (Å²) in [5, 5.41) is 9.97. The highest BCUT2D eigenvalue weighted by Gasteiger charge is 2.35. The van der Waals surface area contributed by atoms with E-state index in [9.17, 15) is 4.79 Å². The molecule has 1 saturated carbocycles. The average molecular weight is 281 g/mol. The van der Waals surface area contributed by atoms with Gasteiger partial charge in [0.2, 0.25) is 0 Å². The molecule has 0 aliphatic heterocycles. The Hall–Kier alpha value is -2.11. The lowest BCUT2D eigenvalue weighted by Crippen LogP contribution is -2.37. The van der Waals surface area contributed by atoms with Crippen molar-refractivity contribution in [3.05, 3.63) is 20.9 Å². The molecule has 3 atom stereocenters. The van der Waals surface area contributed by atoms with Crippen molar-refractivity contribution in [1.29, 1.82) is 0 Å². The van der Waals surface area contributed by atoms with E-state index in [-0.39, 0.29) is 12.0 Å². The van der Waals surface area contributed by atoms with E-state index >= 15 is 0 Å². The Morgan fingerprint density at radius 2 is 1.95 bits per heavy atom. The Bertz CT molecular complexity index is 446. The molecule has 0 bridgehead atoms. The van der Waals surface area contributed by atoms with Crippen LogP contribution in [-0.2, 0) is 4.74 Å². The molecule has 110 valence electrons. The number of ether oxygens (including phenoxy) is 1. The molecule has 0 heterocycles. The minimum absolute atomic E-state index is 0.0473. The second-order valence-corrected chi connectivity index (χ2v) is 5.69. The van der Waals surface area contributed by atoms with Crippen molar-refractivity contribution in [2.75, 3.05) is 6.54 Å². The maximum Gasteiger partial charge on any atom is 0.407 e. The zero-order valence-corrected chi connectivity index (χ0v) is 11.9. The third kappa shape index (κ3) is 4.87. The van der Waals surface area contributed by atoms with Gasteiger partial charge in [-0.15, -0.1) is 0 Å². The smallest absolute Gasteiger partial charge is 0.407 e. The molecule has 1 amide bonds. The van der Waals surface area contributed by atoms with Crippen LogP contribution in [0.1, 0.15) is 33.6 Å². The quantitative estimate of drug-likeness (QED) is 0.480. The third-order valence-corrected chi connectivity index (χ3v) is 3.00. The summed E-state index contributed by atoms with van der Waals surface area (Å²) in [6.07, 6.45) is 0.863. The molecular weight excluding hydrogens is 262 g/mol. The first kappa shape index (κ1) is 15.9. The highest BCUT2D eigenvalue weighted by atomic mass is 16.6. The summed E-state index contributed by atoms with van der Waals surface area (Å²) >= 11 is 0. The van der Waals surface area contributed by atoms with Gasteiger partial charge < -0.3 is 10.1 Å². The van der Waals surface area contributed by atoms with Crippen molar-refractivity contribution < 1.29 is 9.53 Å². The van der Waals surface area contributed by atoms with Gasteiger partial charge in [0.1, 0.15) is 5.60 Å². The first-order chi connectivity index (χ1) is 9.37. The molecule has 0 aromatic rings. The number of carbonyl (C=O) groups excluding carboxylic acids is 1. The number of nitrogens with one attached hydrogen (secondary N) is 1. The SMILES string of the molecule is CC(C)(C)OC(=O)NC[C@H]1CC[C@@H](N=[N+]=[N-])[C@H]1N=[N+]=[N-]. The summed E-state index contributed by atoms with van der Waals surface area (Å²) in [6, 6.07) is -0.771. The van der Waals surface area contributed by atoms with Gasteiger partial charge in [0, 0.05) is 22.4 Å². The average Bonchev–Trinajstić information content (AvgIpc) is 2.69.